The smallest absolute Gasteiger partial charge is 0.0595 e. The number of pyridine rings is 1. The molecular weight excluding hydrogens is 329 g/mol. The lowest BCUT2D eigenvalue weighted by Crippen LogP contribution is -2.21. The van der Waals surface area contributed by atoms with Gasteiger partial charge in [0, 0.05) is 24.1 Å². The van der Waals surface area contributed by atoms with Crippen LogP contribution in [-0.4, -0.2) is 11.0 Å². The van der Waals surface area contributed by atoms with Gasteiger partial charge in [0.2, 0.25) is 0 Å². The number of nitrogen functional groups attached to an aromatic ring is 1. The summed E-state index contributed by atoms with van der Waals surface area (Å²) in [4.78, 5) is 3.77. The fourth-order valence-electron chi connectivity index (χ4n) is 2.20. The first kappa shape index (κ1) is 19.8. The molecule has 1 heterocycles. The van der Waals surface area contributed by atoms with Crippen molar-refractivity contribution in [3.05, 3.63) is 58.3 Å². The van der Waals surface area contributed by atoms with Crippen LogP contribution in [0.2, 0.25) is 10.0 Å². The molecule has 126 valence electrons. The number of hydrogen-bond donors (Lipinski definition) is 2. The molecule has 0 aliphatic heterocycles. The van der Waals surface area contributed by atoms with Gasteiger partial charge >= 0.3 is 0 Å². The highest BCUT2D eigenvalue weighted by Crippen LogP contribution is 2.30. The van der Waals surface area contributed by atoms with Crippen molar-refractivity contribution < 1.29 is 0 Å². The van der Waals surface area contributed by atoms with Gasteiger partial charge in [0.05, 0.1) is 10.0 Å². The van der Waals surface area contributed by atoms with Crippen LogP contribution in [0, 0.1) is 0 Å². The van der Waals surface area contributed by atoms with Gasteiger partial charge in [-0.25, -0.2) is 0 Å². The van der Waals surface area contributed by atoms with Crippen LogP contribution in [0.15, 0.2) is 42.7 Å². The van der Waals surface area contributed by atoms with Gasteiger partial charge in [0.25, 0.3) is 0 Å². The molecule has 0 saturated heterocycles. The summed E-state index contributed by atoms with van der Waals surface area (Å²) in [6.07, 6.45) is 6.42. The van der Waals surface area contributed by atoms with Gasteiger partial charge in [-0.1, -0.05) is 43.1 Å². The molecule has 2 aromatic rings. The molecule has 2 atom stereocenters. The zero-order valence-electron chi connectivity index (χ0n) is 13.7. The van der Waals surface area contributed by atoms with E-state index < -0.39 is 0 Å². The van der Waals surface area contributed by atoms with E-state index in [-0.39, 0.29) is 6.04 Å². The van der Waals surface area contributed by atoms with E-state index in [1.165, 1.54) is 5.56 Å². The average Bonchev–Trinajstić information content (AvgIpc) is 2.56. The molecule has 0 amide bonds. The number of hydrogen-bond acceptors (Lipinski definition) is 3. The lowest BCUT2D eigenvalue weighted by atomic mass is 9.89. The van der Waals surface area contributed by atoms with Crippen molar-refractivity contribution in [3.8, 4) is 0 Å². The Morgan fingerprint density at radius 1 is 1.00 bits per heavy atom. The second-order valence-corrected chi connectivity index (χ2v) is 6.28. The molecule has 5 heteroatoms. The number of nitrogens with two attached hydrogens (primary N) is 2. The van der Waals surface area contributed by atoms with Gasteiger partial charge in [-0.2, -0.15) is 0 Å². The average molecular weight is 354 g/mol. The summed E-state index contributed by atoms with van der Waals surface area (Å²) in [5.41, 5.74) is 13.3. The Hall–Kier alpha value is -1.29. The summed E-state index contributed by atoms with van der Waals surface area (Å²) in [6.45, 7) is 4.29. The number of anilines is 1. The van der Waals surface area contributed by atoms with Gasteiger partial charge < -0.3 is 11.5 Å². The van der Waals surface area contributed by atoms with E-state index in [2.05, 4.69) is 18.8 Å². The molecule has 0 fully saturated rings. The third-order valence-electron chi connectivity index (χ3n) is 3.73. The Balaban J connectivity index is 0.000000313. The van der Waals surface area contributed by atoms with Crippen molar-refractivity contribution in [2.45, 2.75) is 45.1 Å². The number of aromatic nitrogens is 1. The van der Waals surface area contributed by atoms with Gasteiger partial charge in [-0.15, -0.1) is 0 Å². The third kappa shape index (κ3) is 7.21. The maximum absolute atomic E-state index is 6.02. The summed E-state index contributed by atoms with van der Waals surface area (Å²) in [5.74, 6) is 0.477. The summed E-state index contributed by atoms with van der Waals surface area (Å²) in [5, 5.41) is 1.24. The van der Waals surface area contributed by atoms with Crippen molar-refractivity contribution in [2.24, 2.45) is 5.73 Å². The number of nitrogens with zero attached hydrogens (tertiary/aromatic N) is 1. The second kappa shape index (κ2) is 10.5. The summed E-state index contributed by atoms with van der Waals surface area (Å²) >= 11 is 11.9. The maximum atomic E-state index is 6.02. The summed E-state index contributed by atoms with van der Waals surface area (Å²) in [6, 6.07) is 9.63. The third-order valence-corrected chi connectivity index (χ3v) is 4.46. The fraction of sp³-hybridized carbons (Fsp3) is 0.389. The summed E-state index contributed by atoms with van der Waals surface area (Å²) < 4.78 is 0. The monoisotopic (exact) mass is 353 g/mol. The molecule has 2 rings (SSSR count). The molecule has 0 aliphatic carbocycles. The molecule has 0 aliphatic rings. The van der Waals surface area contributed by atoms with E-state index in [1.807, 2.05) is 18.2 Å². The number of halogens is 2. The Labute approximate surface area is 149 Å². The summed E-state index contributed by atoms with van der Waals surface area (Å²) in [7, 11) is 0. The van der Waals surface area contributed by atoms with Crippen LogP contribution in [0.4, 0.5) is 5.69 Å². The molecule has 0 bridgehead atoms. The Bertz CT molecular complexity index is 576. The Morgan fingerprint density at radius 2 is 1.65 bits per heavy atom. The number of rotatable bonds is 5. The van der Waals surface area contributed by atoms with Crippen LogP contribution in [0.5, 0.6) is 0 Å². The van der Waals surface area contributed by atoms with E-state index in [0.717, 1.165) is 24.9 Å². The van der Waals surface area contributed by atoms with E-state index in [4.69, 9.17) is 34.7 Å². The fourth-order valence-corrected chi connectivity index (χ4v) is 2.51. The molecule has 4 N–H and O–H groups in total. The zero-order chi connectivity index (χ0) is 17.2. The van der Waals surface area contributed by atoms with E-state index >= 15 is 0 Å². The van der Waals surface area contributed by atoms with Crippen molar-refractivity contribution in [2.75, 3.05) is 5.73 Å². The second-order valence-electron chi connectivity index (χ2n) is 5.46. The molecule has 1 aromatic carbocycles. The quantitative estimate of drug-likeness (QED) is 0.768. The molecular formula is C18H25Cl2N3. The van der Waals surface area contributed by atoms with Crippen molar-refractivity contribution in [3.63, 3.8) is 0 Å². The predicted octanol–water partition coefficient (Wildman–Crippen LogP) is 5.28. The van der Waals surface area contributed by atoms with Crippen molar-refractivity contribution >= 4 is 28.9 Å². The van der Waals surface area contributed by atoms with Gasteiger partial charge in [0.1, 0.15) is 0 Å². The Morgan fingerprint density at radius 3 is 2.09 bits per heavy atom. The first-order chi connectivity index (χ1) is 11.0. The minimum Gasteiger partial charge on any atom is -0.399 e. The first-order valence-corrected chi connectivity index (χ1v) is 8.59. The molecule has 0 saturated carbocycles. The van der Waals surface area contributed by atoms with E-state index in [1.54, 1.807) is 24.5 Å². The maximum Gasteiger partial charge on any atom is 0.0595 e. The highest BCUT2D eigenvalue weighted by molar-refractivity contribution is 6.42. The highest BCUT2D eigenvalue weighted by Gasteiger charge is 2.14. The topological polar surface area (TPSA) is 64.9 Å². The van der Waals surface area contributed by atoms with Crippen LogP contribution in [0.25, 0.3) is 0 Å². The van der Waals surface area contributed by atoms with Gasteiger partial charge in [-0.3, -0.25) is 4.98 Å². The molecule has 2 unspecified atom stereocenters. The molecule has 0 radical (unpaired) electrons. The zero-order valence-corrected chi connectivity index (χ0v) is 15.2. The highest BCUT2D eigenvalue weighted by atomic mass is 35.5. The van der Waals surface area contributed by atoms with Crippen LogP contribution in [-0.2, 0) is 0 Å². The SMILES string of the molecule is CCC(N)CC(CC)c1ccc(Cl)c(Cl)c1.Nc1ccncc1. The molecule has 3 nitrogen and oxygen atoms in total. The standard InChI is InChI=1S/C13H19Cl2N.C5H6N2/c1-3-9(7-11(16)4-2)10-5-6-12(14)13(15)8-10;6-5-1-3-7-4-2-5/h5-6,8-9,11H,3-4,7,16H2,1-2H3;1-4H,(H2,6,7). The van der Waals surface area contributed by atoms with E-state index in [9.17, 15) is 0 Å². The van der Waals surface area contributed by atoms with Gasteiger partial charge in [0.15, 0.2) is 0 Å². The predicted molar refractivity (Wildman–Crippen MR) is 101 cm³/mol. The minimum atomic E-state index is 0.263. The van der Waals surface area contributed by atoms with Crippen LogP contribution >= 0.6 is 23.2 Å². The van der Waals surface area contributed by atoms with Crippen LogP contribution < -0.4 is 11.5 Å². The van der Waals surface area contributed by atoms with Gasteiger partial charge in [-0.05, 0) is 55.0 Å². The Kier molecular flexibility index (Phi) is 9.00. The molecule has 23 heavy (non-hydrogen) atoms. The lowest BCUT2D eigenvalue weighted by molar-refractivity contribution is 0.505. The first-order valence-electron chi connectivity index (χ1n) is 7.83. The van der Waals surface area contributed by atoms with Crippen molar-refractivity contribution in [1.29, 1.82) is 0 Å². The van der Waals surface area contributed by atoms with Crippen molar-refractivity contribution in [1.82, 2.24) is 4.98 Å². The lowest BCUT2D eigenvalue weighted by Gasteiger charge is -2.19. The van der Waals surface area contributed by atoms with Crippen LogP contribution in [0.3, 0.4) is 0 Å². The van der Waals surface area contributed by atoms with Crippen LogP contribution in [0.1, 0.15) is 44.6 Å². The molecule has 0 spiro atoms. The normalized spacial score (nSPS) is 12.9. The largest absolute Gasteiger partial charge is 0.399 e. The number of benzene rings is 1. The van der Waals surface area contributed by atoms with E-state index in [0.29, 0.717) is 16.0 Å². The molecule has 1 aromatic heterocycles. The minimum absolute atomic E-state index is 0.263.